The van der Waals surface area contributed by atoms with E-state index in [4.69, 9.17) is 19.1 Å². The molecule has 1 aromatic heterocycles. The monoisotopic (exact) mass is 263 g/mol. The second-order valence-corrected chi connectivity index (χ2v) is 4.07. The van der Waals surface area contributed by atoms with E-state index in [2.05, 4.69) is 5.16 Å². The lowest BCUT2D eigenvalue weighted by molar-refractivity contribution is 0.280. The van der Waals surface area contributed by atoms with Crippen molar-refractivity contribution in [1.29, 1.82) is 0 Å². The average Bonchev–Trinajstić information content (AvgIpc) is 2.92. The van der Waals surface area contributed by atoms with E-state index in [1.165, 1.54) is 0 Å². The van der Waals surface area contributed by atoms with Crippen LogP contribution in [0.25, 0.3) is 11.3 Å². The van der Waals surface area contributed by atoms with Crippen molar-refractivity contribution in [2.75, 3.05) is 20.8 Å². The maximum Gasteiger partial charge on any atom is 0.137 e. The van der Waals surface area contributed by atoms with Gasteiger partial charge in [-0.15, -0.1) is 0 Å². The normalized spacial score (nSPS) is 10.5. The highest BCUT2D eigenvalue weighted by molar-refractivity contribution is 5.68. The second kappa shape index (κ2) is 6.24. The third-order valence-corrected chi connectivity index (χ3v) is 2.82. The highest BCUT2D eigenvalue weighted by Gasteiger charge is 2.12. The molecule has 1 N–H and O–H groups in total. The minimum atomic E-state index is 0.141. The summed E-state index contributed by atoms with van der Waals surface area (Å²) in [7, 11) is 3.21. The lowest BCUT2D eigenvalue weighted by Crippen LogP contribution is -1.90. The number of hydrogen-bond acceptors (Lipinski definition) is 5. The van der Waals surface area contributed by atoms with Crippen LogP contribution in [0.15, 0.2) is 28.8 Å². The van der Waals surface area contributed by atoms with Crippen LogP contribution in [-0.2, 0) is 6.42 Å². The Morgan fingerprint density at radius 3 is 2.74 bits per heavy atom. The van der Waals surface area contributed by atoms with Crippen LogP contribution in [0.3, 0.4) is 0 Å². The topological polar surface area (TPSA) is 64.7 Å². The fourth-order valence-corrected chi connectivity index (χ4v) is 1.82. The van der Waals surface area contributed by atoms with Crippen LogP contribution >= 0.6 is 0 Å². The number of benzene rings is 1. The summed E-state index contributed by atoms with van der Waals surface area (Å²) in [6.07, 6.45) is 1.33. The Hall–Kier alpha value is -2.01. The van der Waals surface area contributed by atoms with Crippen LogP contribution in [-0.4, -0.2) is 31.1 Å². The van der Waals surface area contributed by atoms with Gasteiger partial charge in [0.05, 0.1) is 14.2 Å². The van der Waals surface area contributed by atoms with E-state index in [0.717, 1.165) is 17.1 Å². The lowest BCUT2D eigenvalue weighted by Gasteiger charge is -2.07. The molecule has 2 aromatic rings. The Balaban J connectivity index is 2.27. The molecule has 0 aliphatic heterocycles. The van der Waals surface area contributed by atoms with E-state index in [9.17, 15) is 0 Å². The average molecular weight is 263 g/mol. The third kappa shape index (κ3) is 3.06. The number of aliphatic hydroxyl groups excluding tert-OH is 1. The molecular formula is C14H17NO4. The van der Waals surface area contributed by atoms with Gasteiger partial charge in [0.1, 0.15) is 23.0 Å². The first-order valence-corrected chi connectivity index (χ1v) is 6.07. The molecule has 0 fully saturated rings. The number of ether oxygens (including phenoxy) is 2. The molecule has 5 heteroatoms. The van der Waals surface area contributed by atoms with E-state index in [1.54, 1.807) is 20.3 Å². The number of nitrogens with zero attached hydrogens (tertiary/aromatic N) is 1. The van der Waals surface area contributed by atoms with Gasteiger partial charge in [-0.3, -0.25) is 0 Å². The summed E-state index contributed by atoms with van der Waals surface area (Å²) >= 11 is 0. The van der Waals surface area contributed by atoms with Gasteiger partial charge in [0, 0.05) is 30.7 Å². The van der Waals surface area contributed by atoms with Crippen molar-refractivity contribution >= 4 is 0 Å². The number of aliphatic hydroxyl groups is 1. The van der Waals surface area contributed by atoms with Gasteiger partial charge < -0.3 is 19.1 Å². The number of aromatic nitrogens is 1. The molecule has 0 spiro atoms. The molecule has 0 radical (unpaired) electrons. The van der Waals surface area contributed by atoms with E-state index in [0.29, 0.717) is 24.3 Å². The van der Waals surface area contributed by atoms with Crippen molar-refractivity contribution in [2.24, 2.45) is 0 Å². The van der Waals surface area contributed by atoms with E-state index < -0.39 is 0 Å². The number of rotatable bonds is 6. The summed E-state index contributed by atoms with van der Waals surface area (Å²) in [5.74, 6) is 2.16. The van der Waals surface area contributed by atoms with Crippen LogP contribution in [0.5, 0.6) is 11.5 Å². The highest BCUT2D eigenvalue weighted by Crippen LogP contribution is 2.32. The van der Waals surface area contributed by atoms with Gasteiger partial charge in [-0.25, -0.2) is 0 Å². The summed E-state index contributed by atoms with van der Waals surface area (Å²) < 4.78 is 15.7. The fraction of sp³-hybridized carbons (Fsp3) is 0.357. The quantitative estimate of drug-likeness (QED) is 0.866. The van der Waals surface area contributed by atoms with Gasteiger partial charge in [-0.1, -0.05) is 5.16 Å². The van der Waals surface area contributed by atoms with Crippen molar-refractivity contribution in [1.82, 2.24) is 5.16 Å². The van der Waals surface area contributed by atoms with Gasteiger partial charge in [0.2, 0.25) is 0 Å². The minimum Gasteiger partial charge on any atom is -0.497 e. The van der Waals surface area contributed by atoms with Gasteiger partial charge in [-0.2, -0.15) is 0 Å². The predicted octanol–water partition coefficient (Wildman–Crippen LogP) is 2.28. The van der Waals surface area contributed by atoms with Crippen molar-refractivity contribution < 1.29 is 19.1 Å². The summed E-state index contributed by atoms with van der Waals surface area (Å²) in [5.41, 5.74) is 1.56. The number of aryl methyl sites for hydroxylation is 1. The van der Waals surface area contributed by atoms with Gasteiger partial charge in [0.25, 0.3) is 0 Å². The summed E-state index contributed by atoms with van der Waals surface area (Å²) in [6, 6.07) is 7.39. The molecule has 1 heterocycles. The summed E-state index contributed by atoms with van der Waals surface area (Å²) in [4.78, 5) is 0. The van der Waals surface area contributed by atoms with Gasteiger partial charge >= 0.3 is 0 Å². The molecule has 2 rings (SSSR count). The number of hydrogen-bond donors (Lipinski definition) is 1. The molecule has 102 valence electrons. The zero-order valence-electron chi connectivity index (χ0n) is 11.0. The van der Waals surface area contributed by atoms with Gasteiger partial charge in [-0.05, 0) is 18.6 Å². The Morgan fingerprint density at radius 1 is 1.21 bits per heavy atom. The maximum atomic E-state index is 8.80. The molecule has 5 nitrogen and oxygen atoms in total. The minimum absolute atomic E-state index is 0.141. The highest BCUT2D eigenvalue weighted by atomic mass is 16.5. The van der Waals surface area contributed by atoms with Crippen LogP contribution in [0.2, 0.25) is 0 Å². The second-order valence-electron chi connectivity index (χ2n) is 4.07. The molecule has 0 saturated heterocycles. The zero-order valence-corrected chi connectivity index (χ0v) is 11.0. The molecule has 0 aliphatic rings. The smallest absolute Gasteiger partial charge is 0.137 e. The van der Waals surface area contributed by atoms with Crippen LogP contribution in [0, 0.1) is 0 Å². The van der Waals surface area contributed by atoms with E-state index >= 15 is 0 Å². The number of methoxy groups -OCH3 is 2. The molecule has 19 heavy (non-hydrogen) atoms. The lowest BCUT2D eigenvalue weighted by atomic mass is 10.1. The van der Waals surface area contributed by atoms with Crippen LogP contribution < -0.4 is 9.47 Å². The van der Waals surface area contributed by atoms with Crippen LogP contribution in [0.1, 0.15) is 12.2 Å². The first-order valence-electron chi connectivity index (χ1n) is 6.07. The van der Waals surface area contributed by atoms with E-state index in [1.807, 2.05) is 18.2 Å². The zero-order chi connectivity index (χ0) is 13.7. The third-order valence-electron chi connectivity index (χ3n) is 2.82. The Bertz CT molecular complexity index is 536. The molecule has 0 aliphatic carbocycles. The first-order chi connectivity index (χ1) is 9.28. The summed E-state index contributed by atoms with van der Waals surface area (Å²) in [6.45, 7) is 0.141. The fourth-order valence-electron chi connectivity index (χ4n) is 1.82. The van der Waals surface area contributed by atoms with Crippen molar-refractivity contribution in [3.05, 3.63) is 30.0 Å². The summed E-state index contributed by atoms with van der Waals surface area (Å²) in [5, 5.41) is 12.8. The molecule has 0 unspecified atom stereocenters. The molecule has 0 amide bonds. The largest absolute Gasteiger partial charge is 0.497 e. The molecule has 0 bridgehead atoms. The van der Waals surface area contributed by atoms with Crippen LogP contribution in [0.4, 0.5) is 0 Å². The predicted molar refractivity (Wildman–Crippen MR) is 70.4 cm³/mol. The molecule has 0 saturated carbocycles. The van der Waals surface area contributed by atoms with E-state index in [-0.39, 0.29) is 6.61 Å². The van der Waals surface area contributed by atoms with Gasteiger partial charge in [0.15, 0.2) is 0 Å². The Labute approximate surface area is 111 Å². The molecule has 0 atom stereocenters. The maximum absolute atomic E-state index is 8.80. The van der Waals surface area contributed by atoms with Crippen molar-refractivity contribution in [2.45, 2.75) is 12.8 Å². The molecule has 1 aromatic carbocycles. The standard InChI is InChI=1S/C14H17NO4/c1-17-10-5-6-12(14(9-10)18-2)13-8-11(19-15-13)4-3-7-16/h5-6,8-9,16H,3-4,7H2,1-2H3. The molecular weight excluding hydrogens is 246 g/mol. The first kappa shape index (κ1) is 13.4. The Morgan fingerprint density at radius 2 is 2.05 bits per heavy atom. The SMILES string of the molecule is COc1ccc(-c2cc(CCCO)on2)c(OC)c1. The van der Waals surface area contributed by atoms with Crippen molar-refractivity contribution in [3.8, 4) is 22.8 Å². The van der Waals surface area contributed by atoms with Crippen molar-refractivity contribution in [3.63, 3.8) is 0 Å². The Kier molecular flexibility index (Phi) is 4.41.